The molecule has 36 heavy (non-hydrogen) atoms. The maximum Gasteiger partial charge on any atom is 0.341 e. The van der Waals surface area contributed by atoms with Crippen molar-refractivity contribution in [1.82, 2.24) is 9.55 Å². The van der Waals surface area contributed by atoms with Crippen LogP contribution in [0.15, 0.2) is 52.9 Å². The molecule has 0 radical (unpaired) electrons. The van der Waals surface area contributed by atoms with Gasteiger partial charge < -0.3 is 9.67 Å². The standard InChI is InChI=1S/C28H32N2O3S.C2H6/c1-7-24(28(4,5)6)30-14-20(27(32)33)22(31)13-21(30)17(3)25(16(2)18-11-12-18)19-9-8-10-23-26(19)29-15-34-23;1-2/h8-10,13-15,18,24H,2,7,11-12H2,1,3-6H3,(H,32,33);1-2H3/b25-17-;/t24-;/m0./s1. The van der Waals surface area contributed by atoms with Crippen LogP contribution in [0.5, 0.6) is 0 Å². The predicted octanol–water partition coefficient (Wildman–Crippen LogP) is 8.08. The van der Waals surface area contributed by atoms with Crippen molar-refractivity contribution in [2.24, 2.45) is 11.3 Å². The largest absolute Gasteiger partial charge is 0.477 e. The van der Waals surface area contributed by atoms with E-state index in [1.54, 1.807) is 11.3 Å². The predicted molar refractivity (Wildman–Crippen MR) is 152 cm³/mol. The Kier molecular flexibility index (Phi) is 8.40. The molecule has 1 fully saturated rings. The van der Waals surface area contributed by atoms with E-state index >= 15 is 0 Å². The van der Waals surface area contributed by atoms with E-state index in [0.717, 1.165) is 57.5 Å². The molecule has 3 aromatic rings. The van der Waals surface area contributed by atoms with Crippen LogP contribution in [0.25, 0.3) is 21.4 Å². The molecule has 1 aromatic carbocycles. The summed E-state index contributed by atoms with van der Waals surface area (Å²) in [6, 6.07) is 7.67. The molecule has 6 heteroatoms. The van der Waals surface area contributed by atoms with Gasteiger partial charge in [0.25, 0.3) is 0 Å². The molecule has 4 rings (SSSR count). The molecule has 0 aliphatic heterocycles. The van der Waals surface area contributed by atoms with E-state index in [-0.39, 0.29) is 17.0 Å². The summed E-state index contributed by atoms with van der Waals surface area (Å²) in [6.45, 7) is 19.0. The number of aromatic carboxylic acids is 1. The van der Waals surface area contributed by atoms with Crippen LogP contribution in [0.1, 0.15) is 95.4 Å². The second kappa shape index (κ2) is 11.0. The van der Waals surface area contributed by atoms with Crippen molar-refractivity contribution in [2.45, 2.75) is 73.8 Å². The molecular formula is C30H38N2O3S. The van der Waals surface area contributed by atoms with Crippen LogP contribution in [-0.2, 0) is 0 Å². The van der Waals surface area contributed by atoms with Crippen LogP contribution in [0.4, 0.5) is 0 Å². The molecule has 0 saturated heterocycles. The molecule has 2 aromatic heterocycles. The third-order valence-corrected chi connectivity index (χ3v) is 7.61. The van der Waals surface area contributed by atoms with Crippen molar-refractivity contribution in [2.75, 3.05) is 0 Å². The van der Waals surface area contributed by atoms with Gasteiger partial charge in [0.2, 0.25) is 0 Å². The Hall–Kier alpha value is -2.99. The number of hydrogen-bond donors (Lipinski definition) is 1. The van der Waals surface area contributed by atoms with Gasteiger partial charge >= 0.3 is 5.97 Å². The molecule has 1 aliphatic rings. The highest BCUT2D eigenvalue weighted by atomic mass is 32.1. The third kappa shape index (κ3) is 5.39. The quantitative estimate of drug-likeness (QED) is 0.329. The maximum atomic E-state index is 12.9. The number of carbonyl (C=O) groups is 1. The molecule has 1 N–H and O–H groups in total. The number of carboxylic acid groups (broad SMARTS) is 1. The molecule has 2 heterocycles. The summed E-state index contributed by atoms with van der Waals surface area (Å²) in [7, 11) is 0. The van der Waals surface area contributed by atoms with Crippen LogP contribution in [-0.4, -0.2) is 20.6 Å². The minimum Gasteiger partial charge on any atom is -0.477 e. The van der Waals surface area contributed by atoms with E-state index < -0.39 is 11.4 Å². The first-order chi connectivity index (χ1) is 17.0. The summed E-state index contributed by atoms with van der Waals surface area (Å²) < 4.78 is 3.10. The second-order valence-corrected chi connectivity index (χ2v) is 11.1. The molecule has 192 valence electrons. The summed E-state index contributed by atoms with van der Waals surface area (Å²) in [5.74, 6) is -0.785. The summed E-state index contributed by atoms with van der Waals surface area (Å²) in [5, 5.41) is 9.68. The highest BCUT2D eigenvalue weighted by Crippen LogP contribution is 2.46. The lowest BCUT2D eigenvalue weighted by molar-refractivity contribution is 0.0693. The van der Waals surface area contributed by atoms with Crippen molar-refractivity contribution in [3.8, 4) is 0 Å². The fourth-order valence-electron chi connectivity index (χ4n) is 4.96. The molecule has 1 atom stereocenters. The lowest BCUT2D eigenvalue weighted by atomic mass is 9.83. The Morgan fingerprint density at radius 1 is 1.25 bits per heavy atom. The lowest BCUT2D eigenvalue weighted by Gasteiger charge is -2.35. The summed E-state index contributed by atoms with van der Waals surface area (Å²) in [6.07, 6.45) is 4.54. The first kappa shape index (κ1) is 27.6. The number of allylic oxidation sites excluding steroid dienone is 3. The Bertz CT molecular complexity index is 1370. The SMILES string of the molecule is C=C(/C(=C(\C)c1cc(=O)c(C(=O)O)cn1[C@@H](CC)C(C)(C)C)c1cccc2scnc12)C1CC1.CC. The number of pyridine rings is 1. The van der Waals surface area contributed by atoms with Gasteiger partial charge in [-0.25, -0.2) is 9.78 Å². The topological polar surface area (TPSA) is 72.2 Å². The minimum absolute atomic E-state index is 0.00153. The van der Waals surface area contributed by atoms with Gasteiger partial charge in [0.15, 0.2) is 5.43 Å². The second-order valence-electron chi connectivity index (χ2n) is 10.2. The molecule has 0 bridgehead atoms. The van der Waals surface area contributed by atoms with E-state index in [0.29, 0.717) is 5.92 Å². The van der Waals surface area contributed by atoms with Crippen molar-refractivity contribution < 1.29 is 9.90 Å². The first-order valence-corrected chi connectivity index (χ1v) is 13.6. The normalized spacial score (nSPS) is 15.1. The van der Waals surface area contributed by atoms with Crippen molar-refractivity contribution >= 4 is 38.7 Å². The fraction of sp³-hybridized carbons (Fsp3) is 0.433. The number of aromatic nitrogens is 2. The van der Waals surface area contributed by atoms with Gasteiger partial charge in [-0.1, -0.05) is 60.3 Å². The van der Waals surface area contributed by atoms with Crippen LogP contribution in [0.2, 0.25) is 0 Å². The monoisotopic (exact) mass is 506 g/mol. The fourth-order valence-corrected chi connectivity index (χ4v) is 5.67. The van der Waals surface area contributed by atoms with Gasteiger partial charge in [0.1, 0.15) is 5.56 Å². The van der Waals surface area contributed by atoms with E-state index in [4.69, 9.17) is 0 Å². The van der Waals surface area contributed by atoms with Gasteiger partial charge in [-0.05, 0) is 60.3 Å². The van der Waals surface area contributed by atoms with Gasteiger partial charge in [-0.2, -0.15) is 0 Å². The van der Waals surface area contributed by atoms with E-state index in [9.17, 15) is 14.7 Å². The lowest BCUT2D eigenvalue weighted by Crippen LogP contribution is -2.29. The van der Waals surface area contributed by atoms with E-state index in [1.807, 2.05) is 36.9 Å². The van der Waals surface area contributed by atoms with Crippen LogP contribution >= 0.6 is 11.3 Å². The van der Waals surface area contributed by atoms with Crippen LogP contribution < -0.4 is 5.43 Å². The summed E-state index contributed by atoms with van der Waals surface area (Å²) in [5.41, 5.74) is 6.70. The number of carboxylic acids is 1. The van der Waals surface area contributed by atoms with Crippen molar-refractivity contribution in [1.29, 1.82) is 0 Å². The molecule has 1 aliphatic carbocycles. The number of nitrogens with zero attached hydrogens (tertiary/aromatic N) is 2. The molecule has 0 spiro atoms. The number of para-hydroxylation sites is 1. The van der Waals surface area contributed by atoms with Crippen molar-refractivity contribution in [3.63, 3.8) is 0 Å². The number of hydrogen-bond acceptors (Lipinski definition) is 4. The molecule has 5 nitrogen and oxygen atoms in total. The van der Waals surface area contributed by atoms with E-state index in [2.05, 4.69) is 51.4 Å². The Morgan fingerprint density at radius 2 is 1.92 bits per heavy atom. The highest BCUT2D eigenvalue weighted by Gasteiger charge is 2.32. The molecule has 0 amide bonds. The van der Waals surface area contributed by atoms with Gasteiger partial charge in [0.05, 0.1) is 15.7 Å². The zero-order valence-electron chi connectivity index (χ0n) is 22.5. The maximum absolute atomic E-state index is 12.9. The molecule has 0 unspecified atom stereocenters. The van der Waals surface area contributed by atoms with Crippen LogP contribution in [0.3, 0.4) is 0 Å². The Balaban J connectivity index is 0.00000176. The Morgan fingerprint density at radius 3 is 2.47 bits per heavy atom. The van der Waals surface area contributed by atoms with Crippen molar-refractivity contribution in [3.05, 3.63) is 75.2 Å². The molecular weight excluding hydrogens is 468 g/mol. The average molecular weight is 507 g/mol. The highest BCUT2D eigenvalue weighted by molar-refractivity contribution is 7.16. The van der Waals surface area contributed by atoms with Gasteiger partial charge in [-0.3, -0.25) is 4.79 Å². The average Bonchev–Trinajstić information content (AvgIpc) is 3.57. The first-order valence-electron chi connectivity index (χ1n) is 12.8. The Labute approximate surface area is 218 Å². The minimum atomic E-state index is -1.20. The van der Waals surface area contributed by atoms with Gasteiger partial charge in [-0.15, -0.1) is 11.3 Å². The number of benzene rings is 1. The zero-order valence-corrected chi connectivity index (χ0v) is 23.3. The molecule has 1 saturated carbocycles. The summed E-state index contributed by atoms with van der Waals surface area (Å²) >= 11 is 1.60. The van der Waals surface area contributed by atoms with Crippen LogP contribution in [0, 0.1) is 11.3 Å². The summed E-state index contributed by atoms with van der Waals surface area (Å²) in [4.78, 5) is 29.4. The number of rotatable bonds is 7. The van der Waals surface area contributed by atoms with E-state index in [1.165, 1.54) is 12.3 Å². The van der Waals surface area contributed by atoms with Gasteiger partial charge in [0, 0.05) is 29.6 Å². The smallest absolute Gasteiger partial charge is 0.341 e. The number of thiazole rings is 1. The third-order valence-electron chi connectivity index (χ3n) is 6.81. The zero-order chi connectivity index (χ0) is 26.8. The number of fused-ring (bicyclic) bond motifs is 1.